The zero-order valence-corrected chi connectivity index (χ0v) is 13.4. The summed E-state index contributed by atoms with van der Waals surface area (Å²) in [6.45, 7) is 6.19. The highest BCUT2D eigenvalue weighted by molar-refractivity contribution is 6.32. The third-order valence-corrected chi connectivity index (χ3v) is 4.51. The van der Waals surface area contributed by atoms with Crippen molar-refractivity contribution in [2.45, 2.75) is 58.6 Å². The van der Waals surface area contributed by atoms with Gasteiger partial charge in [0.1, 0.15) is 11.9 Å². The molecule has 0 heterocycles. The lowest BCUT2D eigenvalue weighted by atomic mass is 9.85. The number of ether oxygens (including phenoxy) is 1. The Morgan fingerprint density at radius 3 is 2.75 bits per heavy atom. The first-order valence-corrected chi connectivity index (χ1v) is 8.28. The monoisotopic (exact) mass is 295 g/mol. The van der Waals surface area contributed by atoms with Crippen molar-refractivity contribution in [3.05, 3.63) is 28.8 Å². The van der Waals surface area contributed by atoms with Gasteiger partial charge in [-0.25, -0.2) is 0 Å². The molecule has 0 saturated heterocycles. The number of benzene rings is 1. The highest BCUT2D eigenvalue weighted by Crippen LogP contribution is 2.33. The fraction of sp³-hybridized carbons (Fsp3) is 0.647. The molecule has 1 aliphatic rings. The number of nitrogens with one attached hydrogen (secondary N) is 1. The van der Waals surface area contributed by atoms with Crippen molar-refractivity contribution in [2.75, 3.05) is 6.54 Å². The molecule has 112 valence electrons. The van der Waals surface area contributed by atoms with Crippen molar-refractivity contribution in [3.63, 3.8) is 0 Å². The Kier molecular flexibility index (Phi) is 6.18. The Bertz CT molecular complexity index is 421. The fourth-order valence-electron chi connectivity index (χ4n) is 2.98. The van der Waals surface area contributed by atoms with E-state index in [9.17, 15) is 0 Å². The lowest BCUT2D eigenvalue weighted by molar-refractivity contribution is 0.0904. The van der Waals surface area contributed by atoms with Gasteiger partial charge in [0.05, 0.1) is 5.02 Å². The van der Waals surface area contributed by atoms with Gasteiger partial charge in [-0.05, 0) is 55.8 Å². The molecule has 2 unspecified atom stereocenters. The lowest BCUT2D eigenvalue weighted by Crippen LogP contribution is -2.30. The average molecular weight is 296 g/mol. The summed E-state index contributed by atoms with van der Waals surface area (Å²) in [7, 11) is 0. The molecular formula is C17H26ClNO. The molecular weight excluding hydrogens is 270 g/mol. The highest BCUT2D eigenvalue weighted by Gasteiger charge is 2.25. The topological polar surface area (TPSA) is 21.3 Å². The summed E-state index contributed by atoms with van der Waals surface area (Å²) in [5, 5.41) is 4.05. The standard InChI is InChI=1S/C17H26ClNO/c1-3-14-7-5-6-8-16(14)20-17-10-9-13(11-15(17)18)12-19-4-2/h9-11,14,16,19H,3-8,12H2,1-2H3. The van der Waals surface area contributed by atoms with Gasteiger partial charge in [-0.15, -0.1) is 0 Å². The minimum absolute atomic E-state index is 0.339. The normalized spacial score (nSPS) is 22.8. The predicted octanol–water partition coefficient (Wildman–Crippen LogP) is 4.80. The second-order valence-corrected chi connectivity index (χ2v) is 6.06. The summed E-state index contributed by atoms with van der Waals surface area (Å²) < 4.78 is 6.20. The summed E-state index contributed by atoms with van der Waals surface area (Å²) >= 11 is 6.37. The number of hydrogen-bond acceptors (Lipinski definition) is 2. The molecule has 2 nitrogen and oxygen atoms in total. The molecule has 2 atom stereocenters. The van der Waals surface area contributed by atoms with E-state index < -0.39 is 0 Å². The number of hydrogen-bond donors (Lipinski definition) is 1. The van der Waals surface area contributed by atoms with Crippen LogP contribution in [0.1, 0.15) is 51.5 Å². The van der Waals surface area contributed by atoms with Gasteiger partial charge < -0.3 is 10.1 Å². The van der Waals surface area contributed by atoms with Gasteiger partial charge in [-0.2, -0.15) is 0 Å². The summed E-state index contributed by atoms with van der Waals surface area (Å²) in [5.41, 5.74) is 1.21. The van der Waals surface area contributed by atoms with Gasteiger partial charge in [0.15, 0.2) is 0 Å². The zero-order chi connectivity index (χ0) is 14.4. The van der Waals surface area contributed by atoms with Crippen LogP contribution >= 0.6 is 11.6 Å². The van der Waals surface area contributed by atoms with Gasteiger partial charge in [-0.3, -0.25) is 0 Å². The minimum Gasteiger partial charge on any atom is -0.489 e. The molecule has 3 heteroatoms. The van der Waals surface area contributed by atoms with E-state index in [2.05, 4.69) is 25.2 Å². The van der Waals surface area contributed by atoms with Crippen LogP contribution in [0.4, 0.5) is 0 Å². The molecule has 1 aliphatic carbocycles. The summed E-state index contributed by atoms with van der Waals surface area (Å²) in [6.07, 6.45) is 6.60. The van der Waals surface area contributed by atoms with Crippen molar-refractivity contribution in [3.8, 4) is 5.75 Å². The SMILES string of the molecule is CCNCc1ccc(OC2CCCCC2CC)c(Cl)c1. The maximum absolute atomic E-state index is 6.37. The molecule has 2 rings (SSSR count). The smallest absolute Gasteiger partial charge is 0.138 e. The molecule has 1 aromatic rings. The van der Waals surface area contributed by atoms with Crippen LogP contribution < -0.4 is 10.1 Å². The number of rotatable bonds is 6. The molecule has 1 saturated carbocycles. The van der Waals surface area contributed by atoms with Gasteiger partial charge in [0.25, 0.3) is 0 Å². The Hall–Kier alpha value is -0.730. The molecule has 0 bridgehead atoms. The van der Waals surface area contributed by atoms with E-state index >= 15 is 0 Å². The third-order valence-electron chi connectivity index (χ3n) is 4.22. The third kappa shape index (κ3) is 4.13. The van der Waals surface area contributed by atoms with Gasteiger partial charge in [-0.1, -0.05) is 37.9 Å². The van der Waals surface area contributed by atoms with E-state index in [4.69, 9.17) is 16.3 Å². The maximum Gasteiger partial charge on any atom is 0.138 e. The van der Waals surface area contributed by atoms with Crippen LogP contribution in [0.25, 0.3) is 0 Å². The van der Waals surface area contributed by atoms with Crippen LogP contribution in [0.2, 0.25) is 5.02 Å². The molecule has 1 fully saturated rings. The van der Waals surface area contributed by atoms with Gasteiger partial charge in [0.2, 0.25) is 0 Å². The predicted molar refractivity (Wildman–Crippen MR) is 85.5 cm³/mol. The molecule has 0 spiro atoms. The molecule has 0 amide bonds. The average Bonchev–Trinajstić information content (AvgIpc) is 2.48. The Morgan fingerprint density at radius 1 is 1.25 bits per heavy atom. The van der Waals surface area contributed by atoms with E-state index in [-0.39, 0.29) is 0 Å². The quantitative estimate of drug-likeness (QED) is 0.814. The van der Waals surface area contributed by atoms with Gasteiger partial charge >= 0.3 is 0 Å². The first-order valence-electron chi connectivity index (χ1n) is 7.90. The van der Waals surface area contributed by atoms with Crippen LogP contribution in [0, 0.1) is 5.92 Å². The summed E-state index contributed by atoms with van der Waals surface area (Å²) in [6, 6.07) is 6.15. The van der Waals surface area contributed by atoms with Crippen molar-refractivity contribution in [2.24, 2.45) is 5.92 Å². The second kappa shape index (κ2) is 7.90. The zero-order valence-electron chi connectivity index (χ0n) is 12.6. The first kappa shape index (κ1) is 15.7. The Labute approximate surface area is 127 Å². The van der Waals surface area contributed by atoms with Crippen molar-refractivity contribution in [1.82, 2.24) is 5.32 Å². The van der Waals surface area contributed by atoms with E-state index in [1.54, 1.807) is 0 Å². The minimum atomic E-state index is 0.339. The van der Waals surface area contributed by atoms with Crippen LogP contribution in [-0.2, 0) is 6.54 Å². The molecule has 0 aromatic heterocycles. The molecule has 0 aliphatic heterocycles. The number of halogens is 1. The summed E-state index contributed by atoms with van der Waals surface area (Å²) in [4.78, 5) is 0. The van der Waals surface area contributed by atoms with Crippen molar-refractivity contribution >= 4 is 11.6 Å². The van der Waals surface area contributed by atoms with Crippen molar-refractivity contribution < 1.29 is 4.74 Å². The van der Waals surface area contributed by atoms with E-state index in [1.807, 2.05) is 12.1 Å². The lowest BCUT2D eigenvalue weighted by Gasteiger charge is -2.31. The van der Waals surface area contributed by atoms with Crippen LogP contribution in [-0.4, -0.2) is 12.6 Å². The van der Waals surface area contributed by atoms with Crippen LogP contribution in [0.15, 0.2) is 18.2 Å². The summed E-state index contributed by atoms with van der Waals surface area (Å²) in [5.74, 6) is 1.53. The van der Waals surface area contributed by atoms with E-state index in [0.717, 1.165) is 30.3 Å². The first-order chi connectivity index (χ1) is 9.74. The highest BCUT2D eigenvalue weighted by atomic mass is 35.5. The second-order valence-electron chi connectivity index (χ2n) is 5.65. The maximum atomic E-state index is 6.37. The fourth-order valence-corrected chi connectivity index (χ4v) is 3.23. The molecule has 1 aromatic carbocycles. The van der Waals surface area contributed by atoms with Crippen LogP contribution in [0.3, 0.4) is 0 Å². The molecule has 1 N–H and O–H groups in total. The molecule has 20 heavy (non-hydrogen) atoms. The Balaban J connectivity index is 2.01. The van der Waals surface area contributed by atoms with Crippen LogP contribution in [0.5, 0.6) is 5.75 Å². The van der Waals surface area contributed by atoms with E-state index in [0.29, 0.717) is 12.0 Å². The van der Waals surface area contributed by atoms with Gasteiger partial charge in [0, 0.05) is 6.54 Å². The Morgan fingerprint density at radius 2 is 2.05 bits per heavy atom. The van der Waals surface area contributed by atoms with E-state index in [1.165, 1.54) is 31.2 Å². The largest absolute Gasteiger partial charge is 0.489 e. The van der Waals surface area contributed by atoms with Crippen molar-refractivity contribution in [1.29, 1.82) is 0 Å². The molecule has 0 radical (unpaired) electrons.